The van der Waals surface area contributed by atoms with Gasteiger partial charge < -0.3 is 10.2 Å². The van der Waals surface area contributed by atoms with Crippen molar-refractivity contribution in [3.05, 3.63) is 93.5 Å². The van der Waals surface area contributed by atoms with Gasteiger partial charge in [-0.25, -0.2) is 22.7 Å². The summed E-state index contributed by atoms with van der Waals surface area (Å²) in [5.41, 5.74) is 6.03. The molecule has 0 fully saturated rings. The van der Waals surface area contributed by atoms with Crippen molar-refractivity contribution in [1.82, 2.24) is 14.9 Å². The number of H-pyrrole nitrogens is 1. The highest BCUT2D eigenvalue weighted by Crippen LogP contribution is 2.36. The number of fused-ring (bicyclic) bond motifs is 1. The molecule has 2 atom stereocenters. The van der Waals surface area contributed by atoms with Crippen LogP contribution in [-0.4, -0.2) is 24.5 Å². The molecular formula is C23H21FN4O5S. The molecule has 1 heterocycles. The zero-order valence-electron chi connectivity index (χ0n) is 18.2. The molecule has 0 saturated carbocycles. The molecule has 4 N–H and O–H groups in total. The third kappa shape index (κ3) is 4.35. The van der Waals surface area contributed by atoms with Crippen LogP contribution in [0.2, 0.25) is 0 Å². The molecule has 11 heteroatoms. The zero-order chi connectivity index (χ0) is 24.6. The van der Waals surface area contributed by atoms with Gasteiger partial charge in [-0.1, -0.05) is 48.9 Å². The molecular weight excluding hydrogens is 463 g/mol. The first-order chi connectivity index (χ1) is 16.1. The number of nitrogens with one attached hydrogen (secondary N) is 2. The van der Waals surface area contributed by atoms with Crippen molar-refractivity contribution >= 4 is 26.7 Å². The molecule has 176 valence electrons. The lowest BCUT2D eigenvalue weighted by Crippen LogP contribution is -2.34. The van der Waals surface area contributed by atoms with E-state index in [2.05, 4.69) is 14.9 Å². The number of benzene rings is 3. The monoisotopic (exact) mass is 484 g/mol. The van der Waals surface area contributed by atoms with Crippen LogP contribution in [0.25, 0.3) is 10.8 Å². The predicted molar refractivity (Wildman–Crippen MR) is 122 cm³/mol. The van der Waals surface area contributed by atoms with Gasteiger partial charge in [0.05, 0.1) is 10.5 Å². The van der Waals surface area contributed by atoms with Crippen molar-refractivity contribution < 1.29 is 22.0 Å². The summed E-state index contributed by atoms with van der Waals surface area (Å²) in [5, 5.41) is 7.17. The third-order valence-electron chi connectivity index (χ3n) is 5.57. The average Bonchev–Trinajstić information content (AvgIpc) is 3.22. The summed E-state index contributed by atoms with van der Waals surface area (Å²) >= 11 is 0. The molecule has 34 heavy (non-hydrogen) atoms. The number of nitrogens with two attached hydrogens (primary N) is 1. The summed E-state index contributed by atoms with van der Waals surface area (Å²) in [5.74, 6) is -3.57. The molecule has 0 aliphatic rings. The van der Waals surface area contributed by atoms with E-state index >= 15 is 4.39 Å². The standard InChI is InChI=1S/C23H21FN4O5S/c1-12-7-10-18(16(11-12)21(25)29)34(31,32)28-20(22-26-27-23(30)33-22)13(2)19-15-6-4-3-5-14(15)8-9-17(19)24/h3-11,13,20,28H,1-2H3,(H2,25,29)(H,27,30). The van der Waals surface area contributed by atoms with Crippen molar-refractivity contribution in [2.45, 2.75) is 30.7 Å². The molecule has 0 bridgehead atoms. The Morgan fingerprint density at radius 3 is 2.59 bits per heavy atom. The van der Waals surface area contributed by atoms with Gasteiger partial charge in [0.15, 0.2) is 0 Å². The number of aromatic amines is 1. The SMILES string of the molecule is Cc1ccc(S(=O)(=O)NC(c2n[nH]c(=O)o2)C(C)c2c(F)ccc3ccccc23)c(C(N)=O)c1. The van der Waals surface area contributed by atoms with Crippen LogP contribution in [0.15, 0.2) is 68.7 Å². The van der Waals surface area contributed by atoms with Crippen molar-refractivity contribution in [2.75, 3.05) is 0 Å². The van der Waals surface area contributed by atoms with Gasteiger partial charge in [0.1, 0.15) is 11.9 Å². The van der Waals surface area contributed by atoms with Crippen LogP contribution in [-0.2, 0) is 10.0 Å². The lowest BCUT2D eigenvalue weighted by molar-refractivity contribution is 0.0997. The van der Waals surface area contributed by atoms with E-state index in [1.807, 2.05) is 0 Å². The van der Waals surface area contributed by atoms with Crippen molar-refractivity contribution in [2.24, 2.45) is 5.73 Å². The van der Waals surface area contributed by atoms with E-state index in [-0.39, 0.29) is 21.9 Å². The molecule has 9 nitrogen and oxygen atoms in total. The average molecular weight is 485 g/mol. The zero-order valence-corrected chi connectivity index (χ0v) is 19.0. The second-order valence-electron chi connectivity index (χ2n) is 7.89. The fourth-order valence-electron chi connectivity index (χ4n) is 3.94. The second-order valence-corrected chi connectivity index (χ2v) is 9.57. The van der Waals surface area contributed by atoms with E-state index < -0.39 is 39.5 Å². The van der Waals surface area contributed by atoms with Crippen molar-refractivity contribution in [1.29, 1.82) is 0 Å². The highest BCUT2D eigenvalue weighted by Gasteiger charge is 2.34. The minimum Gasteiger partial charge on any atom is -0.391 e. The largest absolute Gasteiger partial charge is 0.434 e. The van der Waals surface area contributed by atoms with Crippen LogP contribution in [0.4, 0.5) is 4.39 Å². The second kappa shape index (κ2) is 8.84. The maximum absolute atomic E-state index is 15.1. The van der Waals surface area contributed by atoms with Crippen molar-refractivity contribution in [3.63, 3.8) is 0 Å². The van der Waals surface area contributed by atoms with E-state index in [1.54, 1.807) is 44.2 Å². The highest BCUT2D eigenvalue weighted by atomic mass is 32.2. The van der Waals surface area contributed by atoms with Crippen LogP contribution >= 0.6 is 0 Å². The molecule has 0 aliphatic heterocycles. The number of carbonyl (C=O) groups excluding carboxylic acids is 1. The number of amides is 1. The Morgan fingerprint density at radius 2 is 1.91 bits per heavy atom. The summed E-state index contributed by atoms with van der Waals surface area (Å²) in [6, 6.07) is 12.7. The lowest BCUT2D eigenvalue weighted by atomic mass is 9.89. The highest BCUT2D eigenvalue weighted by molar-refractivity contribution is 7.89. The van der Waals surface area contributed by atoms with Gasteiger partial charge in [0, 0.05) is 11.5 Å². The van der Waals surface area contributed by atoms with Gasteiger partial charge in [-0.3, -0.25) is 4.79 Å². The Balaban J connectivity index is 1.86. The van der Waals surface area contributed by atoms with Crippen LogP contribution in [0, 0.1) is 12.7 Å². The summed E-state index contributed by atoms with van der Waals surface area (Å²) in [4.78, 5) is 23.2. The van der Waals surface area contributed by atoms with Crippen LogP contribution in [0.3, 0.4) is 0 Å². The number of nitrogens with zero attached hydrogens (tertiary/aromatic N) is 1. The maximum atomic E-state index is 15.1. The van der Waals surface area contributed by atoms with Gasteiger partial charge in [-0.2, -0.15) is 4.72 Å². The Hall–Kier alpha value is -3.83. The summed E-state index contributed by atoms with van der Waals surface area (Å²) in [6.07, 6.45) is 0. The number of rotatable bonds is 7. The van der Waals surface area contributed by atoms with Gasteiger partial charge in [-0.15, -0.1) is 5.10 Å². The minimum atomic E-state index is -4.40. The van der Waals surface area contributed by atoms with E-state index in [1.165, 1.54) is 24.3 Å². The maximum Gasteiger partial charge on any atom is 0.434 e. The van der Waals surface area contributed by atoms with Crippen molar-refractivity contribution in [3.8, 4) is 0 Å². The summed E-state index contributed by atoms with van der Waals surface area (Å²) < 4.78 is 49.3. The molecule has 3 aromatic carbocycles. The Bertz CT molecular complexity index is 1560. The molecule has 1 amide bonds. The van der Waals surface area contributed by atoms with Crippen LogP contribution in [0.5, 0.6) is 0 Å². The number of halogens is 1. The fraction of sp³-hybridized carbons (Fsp3) is 0.174. The molecule has 0 radical (unpaired) electrons. The Morgan fingerprint density at radius 1 is 1.18 bits per heavy atom. The van der Waals surface area contributed by atoms with E-state index in [0.717, 1.165) is 5.39 Å². The molecule has 4 aromatic rings. The first-order valence-corrected chi connectivity index (χ1v) is 11.7. The van der Waals surface area contributed by atoms with Gasteiger partial charge in [0.25, 0.3) is 0 Å². The van der Waals surface area contributed by atoms with Crippen LogP contribution in [0.1, 0.15) is 46.3 Å². The first-order valence-electron chi connectivity index (χ1n) is 10.2. The molecule has 0 spiro atoms. The number of aromatic nitrogens is 2. The molecule has 4 rings (SSSR count). The van der Waals surface area contributed by atoms with Gasteiger partial charge >= 0.3 is 5.76 Å². The first kappa shape index (κ1) is 23.3. The predicted octanol–water partition coefficient (Wildman–Crippen LogP) is 2.89. The number of aryl methyl sites for hydroxylation is 1. The molecule has 0 saturated heterocycles. The number of sulfonamides is 1. The quantitative estimate of drug-likeness (QED) is 0.367. The number of carbonyl (C=O) groups is 1. The Kier molecular flexibility index (Phi) is 6.07. The minimum absolute atomic E-state index is 0.204. The number of primary amides is 1. The molecule has 2 unspecified atom stereocenters. The Labute approximate surface area is 193 Å². The summed E-state index contributed by atoms with van der Waals surface area (Å²) in [7, 11) is -4.40. The number of hydrogen-bond donors (Lipinski definition) is 3. The van der Waals surface area contributed by atoms with Crippen LogP contribution < -0.4 is 16.2 Å². The summed E-state index contributed by atoms with van der Waals surface area (Å²) in [6.45, 7) is 3.26. The smallest absolute Gasteiger partial charge is 0.391 e. The normalized spacial score (nSPS) is 13.6. The van der Waals surface area contributed by atoms with E-state index in [4.69, 9.17) is 10.2 Å². The fourth-order valence-corrected chi connectivity index (χ4v) is 5.40. The van der Waals surface area contributed by atoms with E-state index in [0.29, 0.717) is 10.9 Å². The molecule has 0 aliphatic carbocycles. The van der Waals surface area contributed by atoms with Gasteiger partial charge in [0.2, 0.25) is 21.8 Å². The van der Waals surface area contributed by atoms with Gasteiger partial charge in [-0.05, 0) is 35.9 Å². The van der Waals surface area contributed by atoms with E-state index in [9.17, 15) is 18.0 Å². The number of hydrogen-bond acceptors (Lipinski definition) is 6. The topological polar surface area (TPSA) is 148 Å². The third-order valence-corrected chi connectivity index (χ3v) is 7.06. The lowest BCUT2D eigenvalue weighted by Gasteiger charge is -2.24. The molecule has 1 aromatic heterocycles.